The van der Waals surface area contributed by atoms with Gasteiger partial charge in [0.25, 0.3) is 0 Å². The summed E-state index contributed by atoms with van der Waals surface area (Å²) in [6.45, 7) is 4.60. The Balaban J connectivity index is 2.06. The second-order valence-electron chi connectivity index (χ2n) is 13.9. The van der Waals surface area contributed by atoms with Crippen LogP contribution in [0.2, 0.25) is 0 Å². The lowest BCUT2D eigenvalue weighted by atomic mass is 9.88. The molecule has 0 unspecified atom stereocenters. The van der Waals surface area contributed by atoms with Crippen molar-refractivity contribution in [1.29, 1.82) is 0 Å². The third-order valence-corrected chi connectivity index (χ3v) is 9.60. The third-order valence-electron chi connectivity index (χ3n) is 9.60. The molecule has 1 heteroatoms. The van der Waals surface area contributed by atoms with E-state index in [-0.39, 0.29) is 0 Å². The van der Waals surface area contributed by atoms with Crippen LogP contribution in [0.3, 0.4) is 0 Å². The van der Waals surface area contributed by atoms with E-state index in [1.807, 2.05) is 0 Å². The second kappa shape index (κ2) is 33.0. The molecule has 44 heavy (non-hydrogen) atoms. The Bertz CT molecular complexity index is 703. The van der Waals surface area contributed by atoms with Crippen LogP contribution in [0.15, 0.2) is 48.8 Å². The van der Waals surface area contributed by atoms with Crippen LogP contribution in [0, 0.1) is 0 Å². The fourth-order valence-corrected chi connectivity index (χ4v) is 6.54. The lowest BCUT2D eigenvalue weighted by Crippen LogP contribution is -2.26. The van der Waals surface area contributed by atoms with Crippen molar-refractivity contribution >= 4 is 0 Å². The first-order chi connectivity index (χ1) is 21.8. The third kappa shape index (κ3) is 27.0. The van der Waals surface area contributed by atoms with Gasteiger partial charge in [0.2, 0.25) is 0 Å². The molecule has 0 N–H and O–H groups in total. The van der Waals surface area contributed by atoms with Crippen LogP contribution in [0.1, 0.15) is 218 Å². The molecule has 0 aromatic carbocycles. The molecular weight excluding hydrogens is 530 g/mol. The molecule has 0 atom stereocenters. The van der Waals surface area contributed by atoms with Gasteiger partial charge in [0.05, 0.1) is 0 Å². The van der Waals surface area contributed by atoms with Gasteiger partial charge in [0, 0.05) is 12.1 Å². The van der Waals surface area contributed by atoms with Crippen molar-refractivity contribution in [1.82, 2.24) is 0 Å². The second-order valence-corrected chi connectivity index (χ2v) is 13.9. The van der Waals surface area contributed by atoms with E-state index in [1.54, 1.807) is 5.56 Å². The summed E-state index contributed by atoms with van der Waals surface area (Å²) in [6, 6.07) is 4.76. The summed E-state index contributed by atoms with van der Waals surface area (Å²) in [5, 5.41) is 0. The number of nitrogens with zero attached hydrogens (tertiary/aromatic N) is 1. The summed E-state index contributed by atoms with van der Waals surface area (Å²) in [5.41, 5.74) is 1.57. The minimum absolute atomic E-state index is 0.754. The molecule has 1 aromatic heterocycles. The Hall–Kier alpha value is -1.37. The normalized spacial score (nSPS) is 12.0. The molecule has 0 radical (unpaired) electrons. The van der Waals surface area contributed by atoms with E-state index in [2.05, 4.69) is 74.3 Å². The number of aryl methyl sites for hydroxylation is 1. The van der Waals surface area contributed by atoms with Crippen molar-refractivity contribution in [2.75, 3.05) is 0 Å². The van der Waals surface area contributed by atoms with E-state index in [0.717, 1.165) is 5.92 Å². The summed E-state index contributed by atoms with van der Waals surface area (Å²) >= 11 is 0. The van der Waals surface area contributed by atoms with Crippen LogP contribution in [0.5, 0.6) is 0 Å². The minimum Gasteiger partial charge on any atom is -0.208 e. The van der Waals surface area contributed by atoms with Gasteiger partial charge in [0.1, 0.15) is 7.05 Å². The number of rotatable bonds is 33. The quantitative estimate of drug-likeness (QED) is 0.0424. The number of allylic oxidation sites excluding steroid dienone is 4. The molecule has 0 aliphatic carbocycles. The number of aromatic nitrogens is 1. The molecule has 0 saturated carbocycles. The van der Waals surface area contributed by atoms with E-state index in [1.165, 1.54) is 193 Å². The van der Waals surface area contributed by atoms with Gasteiger partial charge in [-0.2, -0.15) is 0 Å². The molecular formula is C43H78N+. The van der Waals surface area contributed by atoms with Gasteiger partial charge in [0.15, 0.2) is 12.4 Å². The zero-order chi connectivity index (χ0) is 31.6. The molecule has 0 spiro atoms. The van der Waals surface area contributed by atoms with Gasteiger partial charge >= 0.3 is 0 Å². The first-order valence-corrected chi connectivity index (χ1v) is 20.0. The summed E-state index contributed by atoms with van der Waals surface area (Å²) < 4.78 is 2.17. The number of pyridine rings is 1. The minimum atomic E-state index is 0.754. The Morgan fingerprint density at radius 3 is 1.07 bits per heavy atom. The Kier molecular flexibility index (Phi) is 30.5. The number of unbranched alkanes of at least 4 members (excludes halogenated alkanes) is 24. The Labute approximate surface area is 277 Å². The standard InChI is InChI=1S/C43H78N/c1-4-6-8-10-12-14-16-18-20-22-24-26-28-30-32-34-36-42(43-38-40-44(3)41-39-43)37-35-33-31-29-27-25-23-21-19-17-15-13-11-9-7-5-2/h18-21,38-42H,4-17,22-37H2,1-3H3/q+1/b20-18+,21-19+. The van der Waals surface area contributed by atoms with Crippen LogP contribution < -0.4 is 4.57 Å². The maximum absolute atomic E-state index is 2.45. The fourth-order valence-electron chi connectivity index (χ4n) is 6.54. The molecule has 1 heterocycles. The van der Waals surface area contributed by atoms with Gasteiger partial charge in [-0.25, -0.2) is 4.57 Å². The Morgan fingerprint density at radius 1 is 0.432 bits per heavy atom. The molecule has 1 nitrogen and oxygen atoms in total. The molecule has 1 aromatic rings. The number of hydrogen-bond acceptors (Lipinski definition) is 0. The molecule has 0 aliphatic heterocycles. The van der Waals surface area contributed by atoms with Crippen LogP contribution in [-0.2, 0) is 7.05 Å². The summed E-state index contributed by atoms with van der Waals surface area (Å²) in [6.07, 6.45) is 56.0. The van der Waals surface area contributed by atoms with Gasteiger partial charge in [-0.3, -0.25) is 0 Å². The lowest BCUT2D eigenvalue weighted by molar-refractivity contribution is -0.671. The monoisotopic (exact) mass is 609 g/mol. The highest BCUT2D eigenvalue weighted by Crippen LogP contribution is 2.28. The van der Waals surface area contributed by atoms with Gasteiger partial charge in [-0.15, -0.1) is 0 Å². The predicted octanol–water partition coefficient (Wildman–Crippen LogP) is 14.4. The highest BCUT2D eigenvalue weighted by atomic mass is 14.9. The van der Waals surface area contributed by atoms with Crippen LogP contribution >= 0.6 is 0 Å². The predicted molar refractivity (Wildman–Crippen MR) is 198 cm³/mol. The topological polar surface area (TPSA) is 3.88 Å². The molecule has 254 valence electrons. The van der Waals surface area contributed by atoms with Gasteiger partial charge in [-0.1, -0.05) is 167 Å². The zero-order valence-electron chi connectivity index (χ0n) is 30.4. The lowest BCUT2D eigenvalue weighted by Gasteiger charge is -2.17. The summed E-state index contributed by atoms with van der Waals surface area (Å²) in [7, 11) is 2.13. The first kappa shape index (κ1) is 40.7. The molecule has 0 fully saturated rings. The molecule has 0 amide bonds. The van der Waals surface area contributed by atoms with E-state index >= 15 is 0 Å². The van der Waals surface area contributed by atoms with Crippen molar-refractivity contribution in [2.24, 2.45) is 7.05 Å². The van der Waals surface area contributed by atoms with Crippen LogP contribution in [0.4, 0.5) is 0 Å². The average Bonchev–Trinajstić information content (AvgIpc) is 3.03. The first-order valence-electron chi connectivity index (χ1n) is 20.0. The largest absolute Gasteiger partial charge is 0.208 e. The maximum atomic E-state index is 2.45. The smallest absolute Gasteiger partial charge is 0.168 e. The number of hydrogen-bond donors (Lipinski definition) is 0. The van der Waals surface area contributed by atoms with Gasteiger partial charge in [-0.05, 0) is 75.7 Å². The zero-order valence-corrected chi connectivity index (χ0v) is 30.4. The Morgan fingerprint density at radius 2 is 0.727 bits per heavy atom. The molecule has 0 aliphatic rings. The summed E-state index contributed by atoms with van der Waals surface area (Å²) in [4.78, 5) is 0. The van der Waals surface area contributed by atoms with Crippen molar-refractivity contribution < 1.29 is 4.57 Å². The van der Waals surface area contributed by atoms with Crippen molar-refractivity contribution in [2.45, 2.75) is 212 Å². The fraction of sp³-hybridized carbons (Fsp3) is 0.791. The van der Waals surface area contributed by atoms with Crippen molar-refractivity contribution in [3.8, 4) is 0 Å². The van der Waals surface area contributed by atoms with Crippen molar-refractivity contribution in [3.63, 3.8) is 0 Å². The van der Waals surface area contributed by atoms with Crippen LogP contribution in [0.25, 0.3) is 0 Å². The van der Waals surface area contributed by atoms with Gasteiger partial charge < -0.3 is 0 Å². The van der Waals surface area contributed by atoms with E-state index in [0.29, 0.717) is 0 Å². The summed E-state index contributed by atoms with van der Waals surface area (Å²) in [5.74, 6) is 0.754. The highest BCUT2D eigenvalue weighted by Gasteiger charge is 2.12. The molecule has 0 bridgehead atoms. The molecule has 1 rings (SSSR count). The van der Waals surface area contributed by atoms with Crippen molar-refractivity contribution in [3.05, 3.63) is 54.4 Å². The van der Waals surface area contributed by atoms with E-state index in [4.69, 9.17) is 0 Å². The molecule has 0 saturated heterocycles. The maximum Gasteiger partial charge on any atom is 0.168 e. The van der Waals surface area contributed by atoms with E-state index < -0.39 is 0 Å². The van der Waals surface area contributed by atoms with Crippen LogP contribution in [-0.4, -0.2) is 0 Å². The highest BCUT2D eigenvalue weighted by molar-refractivity contribution is 5.13. The SMILES string of the molecule is CCCCCCCC/C=C/CCCCCCCCC(CCCCCCCC/C=C/CCCCCCCC)c1cc[n+](C)cc1. The average molecular weight is 609 g/mol. The van der Waals surface area contributed by atoms with E-state index in [9.17, 15) is 0 Å².